The van der Waals surface area contributed by atoms with Gasteiger partial charge in [0, 0.05) is 51.2 Å². The van der Waals surface area contributed by atoms with E-state index in [1.54, 1.807) is 6.20 Å². The summed E-state index contributed by atoms with van der Waals surface area (Å²) in [4.78, 5) is 20.5. The Bertz CT molecular complexity index is 1330. The molecule has 6 aromatic rings. The minimum atomic E-state index is 0.845. The Kier molecular flexibility index (Phi) is 2.55. The molecule has 0 bridgehead atoms. The molecule has 5 aromatic heterocycles. The second kappa shape index (κ2) is 4.89. The number of H-pyrrole nitrogens is 2. The van der Waals surface area contributed by atoms with Crippen LogP contribution in [0.15, 0.2) is 67.1 Å². The van der Waals surface area contributed by atoms with Crippen molar-refractivity contribution >= 4 is 43.7 Å². The monoisotopic (exact) mass is 335 g/mol. The van der Waals surface area contributed by atoms with Crippen LogP contribution in [0.25, 0.3) is 55.1 Å². The maximum atomic E-state index is 4.80. The van der Waals surface area contributed by atoms with Crippen molar-refractivity contribution < 1.29 is 0 Å². The van der Waals surface area contributed by atoms with Gasteiger partial charge >= 0.3 is 0 Å². The number of rotatable bonds is 1. The summed E-state index contributed by atoms with van der Waals surface area (Å²) in [6.07, 6.45) is 5.55. The third-order valence-electron chi connectivity index (χ3n) is 4.91. The molecule has 0 saturated heterocycles. The molecule has 0 fully saturated rings. The average molecular weight is 335 g/mol. The molecular formula is C21H13N5. The van der Waals surface area contributed by atoms with Crippen molar-refractivity contribution in [3.05, 3.63) is 67.1 Å². The maximum Gasteiger partial charge on any atom is 0.139 e. The van der Waals surface area contributed by atoms with Gasteiger partial charge in [-0.2, -0.15) is 0 Å². The molecule has 5 nitrogen and oxygen atoms in total. The summed E-state index contributed by atoms with van der Waals surface area (Å²) < 4.78 is 0. The number of para-hydroxylation sites is 1. The topological polar surface area (TPSA) is 70.2 Å². The number of aromatic amines is 2. The lowest BCUT2D eigenvalue weighted by molar-refractivity contribution is 1.27. The standard InChI is InChI=1S/C21H13N5/c1-2-4-16-12(3-1)13-5-6-18(26-21(13)25-16)20-9-19-15(11-23-20)14-10-22-8-7-17(14)24-19/h1-11,24H,(H,25,26). The van der Waals surface area contributed by atoms with Crippen LogP contribution in [0, 0.1) is 0 Å². The molecule has 5 heterocycles. The van der Waals surface area contributed by atoms with Gasteiger partial charge in [0.15, 0.2) is 0 Å². The lowest BCUT2D eigenvalue weighted by Gasteiger charge is -2.01. The molecule has 5 heteroatoms. The summed E-state index contributed by atoms with van der Waals surface area (Å²) in [6, 6.07) is 16.4. The largest absolute Gasteiger partial charge is 0.354 e. The Labute approximate surface area is 147 Å². The molecule has 122 valence electrons. The van der Waals surface area contributed by atoms with Crippen molar-refractivity contribution in [1.82, 2.24) is 24.9 Å². The molecule has 0 radical (unpaired) electrons. The molecule has 0 spiro atoms. The van der Waals surface area contributed by atoms with E-state index < -0.39 is 0 Å². The van der Waals surface area contributed by atoms with Crippen LogP contribution in [0.5, 0.6) is 0 Å². The van der Waals surface area contributed by atoms with Gasteiger partial charge in [-0.15, -0.1) is 0 Å². The number of aromatic nitrogens is 5. The van der Waals surface area contributed by atoms with E-state index in [0.717, 1.165) is 49.7 Å². The molecular weight excluding hydrogens is 322 g/mol. The van der Waals surface area contributed by atoms with Crippen LogP contribution in [0.3, 0.4) is 0 Å². The number of fused-ring (bicyclic) bond motifs is 6. The number of nitrogens with one attached hydrogen (secondary N) is 2. The predicted molar refractivity (Wildman–Crippen MR) is 104 cm³/mol. The normalized spacial score (nSPS) is 11.8. The van der Waals surface area contributed by atoms with Crippen LogP contribution in [0.1, 0.15) is 0 Å². The second-order valence-corrected chi connectivity index (χ2v) is 6.42. The van der Waals surface area contributed by atoms with E-state index in [1.165, 1.54) is 5.39 Å². The van der Waals surface area contributed by atoms with Crippen molar-refractivity contribution in [2.75, 3.05) is 0 Å². The summed E-state index contributed by atoms with van der Waals surface area (Å²) >= 11 is 0. The highest BCUT2D eigenvalue weighted by molar-refractivity contribution is 6.08. The van der Waals surface area contributed by atoms with Crippen molar-refractivity contribution in [3.63, 3.8) is 0 Å². The fraction of sp³-hybridized carbons (Fsp3) is 0. The van der Waals surface area contributed by atoms with Gasteiger partial charge in [-0.3, -0.25) is 9.97 Å². The van der Waals surface area contributed by atoms with Crippen LogP contribution in [0.2, 0.25) is 0 Å². The quantitative estimate of drug-likeness (QED) is 0.453. The zero-order valence-corrected chi connectivity index (χ0v) is 13.7. The first-order chi connectivity index (χ1) is 12.9. The molecule has 0 atom stereocenters. The molecule has 0 aliphatic carbocycles. The summed E-state index contributed by atoms with van der Waals surface area (Å²) in [6.45, 7) is 0. The third kappa shape index (κ3) is 1.82. The van der Waals surface area contributed by atoms with E-state index in [1.807, 2.05) is 42.7 Å². The van der Waals surface area contributed by atoms with Gasteiger partial charge in [-0.05, 0) is 30.3 Å². The predicted octanol–water partition coefficient (Wildman–Crippen LogP) is 4.81. The van der Waals surface area contributed by atoms with Crippen LogP contribution >= 0.6 is 0 Å². The first-order valence-corrected chi connectivity index (χ1v) is 8.46. The zero-order chi connectivity index (χ0) is 17.1. The van der Waals surface area contributed by atoms with Crippen molar-refractivity contribution in [2.24, 2.45) is 0 Å². The van der Waals surface area contributed by atoms with E-state index >= 15 is 0 Å². The molecule has 1 aromatic carbocycles. The molecule has 0 amide bonds. The van der Waals surface area contributed by atoms with E-state index in [-0.39, 0.29) is 0 Å². The Morgan fingerprint density at radius 1 is 0.654 bits per heavy atom. The van der Waals surface area contributed by atoms with Crippen LogP contribution in [-0.4, -0.2) is 24.9 Å². The second-order valence-electron chi connectivity index (χ2n) is 6.42. The van der Waals surface area contributed by atoms with Gasteiger partial charge in [0.05, 0.1) is 16.9 Å². The minimum absolute atomic E-state index is 0.845. The van der Waals surface area contributed by atoms with Gasteiger partial charge in [-0.1, -0.05) is 18.2 Å². The number of hydrogen-bond donors (Lipinski definition) is 2. The third-order valence-corrected chi connectivity index (χ3v) is 4.91. The van der Waals surface area contributed by atoms with E-state index in [4.69, 9.17) is 4.98 Å². The average Bonchev–Trinajstić information content (AvgIpc) is 3.24. The number of benzene rings is 1. The van der Waals surface area contributed by atoms with Crippen molar-refractivity contribution in [1.29, 1.82) is 0 Å². The fourth-order valence-corrected chi connectivity index (χ4v) is 3.65. The molecule has 6 rings (SSSR count). The molecule has 0 unspecified atom stereocenters. The van der Waals surface area contributed by atoms with Crippen LogP contribution in [0.4, 0.5) is 0 Å². The van der Waals surface area contributed by atoms with Gasteiger partial charge < -0.3 is 9.97 Å². The molecule has 0 aliphatic heterocycles. The summed E-state index contributed by atoms with van der Waals surface area (Å²) in [7, 11) is 0. The smallest absolute Gasteiger partial charge is 0.139 e. The highest BCUT2D eigenvalue weighted by atomic mass is 14.9. The van der Waals surface area contributed by atoms with Crippen molar-refractivity contribution in [3.8, 4) is 11.4 Å². The minimum Gasteiger partial charge on any atom is -0.354 e. The zero-order valence-electron chi connectivity index (χ0n) is 13.7. The Morgan fingerprint density at radius 3 is 2.54 bits per heavy atom. The van der Waals surface area contributed by atoms with E-state index in [2.05, 4.69) is 38.1 Å². The molecule has 26 heavy (non-hydrogen) atoms. The van der Waals surface area contributed by atoms with Gasteiger partial charge in [0.2, 0.25) is 0 Å². The van der Waals surface area contributed by atoms with E-state index in [0.29, 0.717) is 0 Å². The molecule has 0 aliphatic rings. The lowest BCUT2D eigenvalue weighted by atomic mass is 10.1. The first kappa shape index (κ1) is 13.5. The fourth-order valence-electron chi connectivity index (χ4n) is 3.65. The van der Waals surface area contributed by atoms with Crippen LogP contribution < -0.4 is 0 Å². The van der Waals surface area contributed by atoms with Gasteiger partial charge in [0.1, 0.15) is 5.65 Å². The van der Waals surface area contributed by atoms with Crippen molar-refractivity contribution in [2.45, 2.75) is 0 Å². The summed E-state index contributed by atoms with van der Waals surface area (Å²) in [5.74, 6) is 0. The SMILES string of the molecule is c1ccc2c(c1)[nH]c1nc(-c3cc4[nH]c5ccncc5c4cn3)ccc12. The Balaban J connectivity index is 1.57. The number of nitrogens with zero attached hydrogens (tertiary/aromatic N) is 3. The van der Waals surface area contributed by atoms with Crippen LogP contribution in [-0.2, 0) is 0 Å². The van der Waals surface area contributed by atoms with E-state index in [9.17, 15) is 0 Å². The number of pyridine rings is 3. The van der Waals surface area contributed by atoms with Gasteiger partial charge in [0.25, 0.3) is 0 Å². The lowest BCUT2D eigenvalue weighted by Crippen LogP contribution is -1.88. The van der Waals surface area contributed by atoms with Gasteiger partial charge in [-0.25, -0.2) is 4.98 Å². The molecule has 0 saturated carbocycles. The Hall–Kier alpha value is -3.73. The highest BCUT2D eigenvalue weighted by Crippen LogP contribution is 2.29. The Morgan fingerprint density at radius 2 is 1.54 bits per heavy atom. The highest BCUT2D eigenvalue weighted by Gasteiger charge is 2.10. The first-order valence-electron chi connectivity index (χ1n) is 8.46. The summed E-state index contributed by atoms with van der Waals surface area (Å²) in [5.41, 5.74) is 5.77. The number of hydrogen-bond acceptors (Lipinski definition) is 3. The maximum absolute atomic E-state index is 4.80. The molecule has 2 N–H and O–H groups in total. The summed E-state index contributed by atoms with van der Waals surface area (Å²) in [5, 5.41) is 4.47.